The number of nitriles is 1. The Labute approximate surface area is 90.5 Å². The molecule has 2 rings (SSSR count). The molecule has 1 heterocycles. The summed E-state index contributed by atoms with van der Waals surface area (Å²) in [7, 11) is 0. The monoisotopic (exact) mass is 203 g/mol. The lowest BCUT2D eigenvalue weighted by Crippen LogP contribution is -1.98. The van der Waals surface area contributed by atoms with Crippen LogP contribution >= 0.6 is 0 Å². The molecule has 1 saturated carbocycles. The van der Waals surface area contributed by atoms with Gasteiger partial charge in [0, 0.05) is 18.0 Å². The Hall–Kier alpha value is -1.30. The van der Waals surface area contributed by atoms with E-state index < -0.39 is 0 Å². The molecule has 0 amide bonds. The molecule has 15 heavy (non-hydrogen) atoms. The minimum absolute atomic E-state index is 0.597. The second-order valence-corrected chi connectivity index (χ2v) is 4.35. The molecule has 1 aromatic rings. The Morgan fingerprint density at radius 3 is 2.87 bits per heavy atom. The van der Waals surface area contributed by atoms with Crippen LogP contribution in [0.25, 0.3) is 0 Å². The summed E-state index contributed by atoms with van der Waals surface area (Å²) in [5.41, 5.74) is 3.68. The molecule has 0 spiro atoms. The predicted octanol–water partition coefficient (Wildman–Crippen LogP) is 2.83. The first-order chi connectivity index (χ1) is 7.33. The van der Waals surface area contributed by atoms with E-state index in [1.807, 2.05) is 0 Å². The van der Waals surface area contributed by atoms with Crippen molar-refractivity contribution in [3.63, 3.8) is 0 Å². The molecule has 0 aromatic carbocycles. The van der Waals surface area contributed by atoms with Gasteiger partial charge in [-0.1, -0.05) is 12.8 Å². The van der Waals surface area contributed by atoms with Crippen LogP contribution in [0.4, 0.5) is 0 Å². The molecular formula is C12H17N3. The number of nitrogens with zero attached hydrogens (tertiary/aromatic N) is 2. The van der Waals surface area contributed by atoms with Gasteiger partial charge in [-0.15, -0.1) is 0 Å². The van der Waals surface area contributed by atoms with Gasteiger partial charge in [0.1, 0.15) is 0 Å². The third kappa shape index (κ3) is 2.04. The number of hydrogen-bond acceptors (Lipinski definition) is 2. The maximum atomic E-state index is 8.63. The molecule has 1 aliphatic carbocycles. The summed E-state index contributed by atoms with van der Waals surface area (Å²) in [6.07, 6.45) is 6.64. The second-order valence-electron chi connectivity index (χ2n) is 4.35. The topological polar surface area (TPSA) is 52.5 Å². The van der Waals surface area contributed by atoms with Crippen molar-refractivity contribution in [2.75, 3.05) is 0 Å². The lowest BCUT2D eigenvalue weighted by Gasteiger charge is -2.08. The van der Waals surface area contributed by atoms with Gasteiger partial charge in [0.2, 0.25) is 0 Å². The zero-order valence-electron chi connectivity index (χ0n) is 9.21. The quantitative estimate of drug-likeness (QED) is 0.821. The van der Waals surface area contributed by atoms with E-state index in [1.165, 1.54) is 36.9 Å². The molecule has 0 aliphatic heterocycles. The molecule has 0 saturated heterocycles. The highest BCUT2D eigenvalue weighted by Gasteiger charge is 2.23. The van der Waals surface area contributed by atoms with Gasteiger partial charge in [-0.05, 0) is 31.7 Å². The van der Waals surface area contributed by atoms with Crippen molar-refractivity contribution in [2.24, 2.45) is 0 Å². The van der Waals surface area contributed by atoms with Crippen LogP contribution < -0.4 is 0 Å². The molecule has 0 atom stereocenters. The molecule has 3 nitrogen and oxygen atoms in total. The smallest absolute Gasteiger partial charge is 0.0688 e. The van der Waals surface area contributed by atoms with Crippen LogP contribution in [0.5, 0.6) is 0 Å². The summed E-state index contributed by atoms with van der Waals surface area (Å²) in [5, 5.41) is 16.1. The van der Waals surface area contributed by atoms with Crippen molar-refractivity contribution in [1.29, 1.82) is 5.26 Å². The summed E-state index contributed by atoms with van der Waals surface area (Å²) in [6.45, 7) is 2.05. The lowest BCUT2D eigenvalue weighted by molar-refractivity contribution is 0.683. The maximum Gasteiger partial charge on any atom is 0.0688 e. The molecule has 0 unspecified atom stereocenters. The van der Waals surface area contributed by atoms with E-state index in [2.05, 4.69) is 23.2 Å². The molecule has 0 radical (unpaired) electrons. The Kier molecular flexibility index (Phi) is 3.05. The van der Waals surface area contributed by atoms with E-state index in [9.17, 15) is 0 Å². The summed E-state index contributed by atoms with van der Waals surface area (Å²) < 4.78 is 0. The number of hydrogen-bond donors (Lipinski definition) is 1. The Bertz CT molecular complexity index is 367. The third-order valence-electron chi connectivity index (χ3n) is 3.33. The number of aromatic amines is 1. The van der Waals surface area contributed by atoms with Crippen LogP contribution in [0.2, 0.25) is 0 Å². The molecule has 80 valence electrons. The van der Waals surface area contributed by atoms with Gasteiger partial charge < -0.3 is 0 Å². The number of rotatable bonds is 3. The lowest BCUT2D eigenvalue weighted by atomic mass is 9.96. The molecular weight excluding hydrogens is 186 g/mol. The van der Waals surface area contributed by atoms with Crippen molar-refractivity contribution in [3.8, 4) is 6.07 Å². The van der Waals surface area contributed by atoms with Gasteiger partial charge in [-0.2, -0.15) is 10.4 Å². The van der Waals surface area contributed by atoms with Crippen LogP contribution in [0, 0.1) is 18.3 Å². The van der Waals surface area contributed by atoms with Crippen LogP contribution in [-0.2, 0) is 6.42 Å². The highest BCUT2D eigenvalue weighted by Crippen LogP contribution is 2.35. The SMILES string of the molecule is Cc1[nH]nc(C2CCCC2)c1CCC#N. The molecule has 0 bridgehead atoms. The summed E-state index contributed by atoms with van der Waals surface area (Å²) in [5.74, 6) is 0.642. The molecule has 1 aromatic heterocycles. The first kappa shape index (κ1) is 10.2. The standard InChI is InChI=1S/C12H17N3/c1-9-11(7-4-8-13)12(15-14-9)10-5-2-3-6-10/h10H,2-7H2,1H3,(H,14,15). The van der Waals surface area contributed by atoms with Crippen LogP contribution in [0.1, 0.15) is 55.0 Å². The van der Waals surface area contributed by atoms with E-state index in [0.717, 1.165) is 12.1 Å². The second kappa shape index (κ2) is 4.48. The molecule has 1 aliphatic rings. The van der Waals surface area contributed by atoms with Gasteiger partial charge in [0.15, 0.2) is 0 Å². The Morgan fingerprint density at radius 1 is 1.47 bits per heavy atom. The first-order valence-corrected chi connectivity index (χ1v) is 5.73. The van der Waals surface area contributed by atoms with Crippen molar-refractivity contribution < 1.29 is 0 Å². The van der Waals surface area contributed by atoms with Crippen LogP contribution in [0.3, 0.4) is 0 Å². The summed E-state index contributed by atoms with van der Waals surface area (Å²) in [4.78, 5) is 0. The zero-order chi connectivity index (χ0) is 10.7. The third-order valence-corrected chi connectivity index (χ3v) is 3.33. The van der Waals surface area contributed by atoms with Gasteiger partial charge in [-0.3, -0.25) is 5.10 Å². The van der Waals surface area contributed by atoms with Crippen LogP contribution in [-0.4, -0.2) is 10.2 Å². The Morgan fingerprint density at radius 2 is 2.20 bits per heavy atom. The normalized spacial score (nSPS) is 16.8. The van der Waals surface area contributed by atoms with E-state index in [0.29, 0.717) is 12.3 Å². The maximum absolute atomic E-state index is 8.63. The minimum Gasteiger partial charge on any atom is -0.282 e. The van der Waals surface area contributed by atoms with Crippen LogP contribution in [0.15, 0.2) is 0 Å². The van der Waals surface area contributed by atoms with Gasteiger partial charge in [-0.25, -0.2) is 0 Å². The molecule has 1 N–H and O–H groups in total. The predicted molar refractivity (Wildman–Crippen MR) is 58.5 cm³/mol. The average molecular weight is 203 g/mol. The fourth-order valence-corrected chi connectivity index (χ4v) is 2.50. The minimum atomic E-state index is 0.597. The van der Waals surface area contributed by atoms with E-state index in [4.69, 9.17) is 5.26 Å². The number of aryl methyl sites for hydroxylation is 1. The largest absolute Gasteiger partial charge is 0.282 e. The molecule has 1 fully saturated rings. The fourth-order valence-electron chi connectivity index (χ4n) is 2.50. The van der Waals surface area contributed by atoms with E-state index >= 15 is 0 Å². The van der Waals surface area contributed by atoms with Crippen molar-refractivity contribution in [1.82, 2.24) is 10.2 Å². The zero-order valence-corrected chi connectivity index (χ0v) is 9.21. The Balaban J connectivity index is 2.19. The molecule has 3 heteroatoms. The van der Waals surface area contributed by atoms with Gasteiger partial charge >= 0.3 is 0 Å². The summed E-state index contributed by atoms with van der Waals surface area (Å²) >= 11 is 0. The number of H-pyrrole nitrogens is 1. The highest BCUT2D eigenvalue weighted by atomic mass is 15.1. The first-order valence-electron chi connectivity index (χ1n) is 5.73. The van der Waals surface area contributed by atoms with E-state index in [-0.39, 0.29) is 0 Å². The average Bonchev–Trinajstić information content (AvgIpc) is 2.84. The van der Waals surface area contributed by atoms with Gasteiger partial charge in [0.05, 0.1) is 11.8 Å². The van der Waals surface area contributed by atoms with Crippen molar-refractivity contribution >= 4 is 0 Å². The fraction of sp³-hybridized carbons (Fsp3) is 0.667. The highest BCUT2D eigenvalue weighted by molar-refractivity contribution is 5.28. The summed E-state index contributed by atoms with van der Waals surface area (Å²) in [6, 6.07) is 2.21. The van der Waals surface area contributed by atoms with E-state index in [1.54, 1.807) is 0 Å². The van der Waals surface area contributed by atoms with Crippen molar-refractivity contribution in [3.05, 3.63) is 17.0 Å². The number of aromatic nitrogens is 2. The number of nitrogens with one attached hydrogen (secondary N) is 1. The van der Waals surface area contributed by atoms with Gasteiger partial charge in [0.25, 0.3) is 0 Å². The van der Waals surface area contributed by atoms with Crippen molar-refractivity contribution in [2.45, 2.75) is 51.4 Å².